The first-order valence-corrected chi connectivity index (χ1v) is 7.43. The molecule has 0 saturated heterocycles. The van der Waals surface area contributed by atoms with Crippen LogP contribution in [0.15, 0.2) is 24.3 Å². The van der Waals surface area contributed by atoms with E-state index in [9.17, 15) is 4.79 Å². The van der Waals surface area contributed by atoms with Gasteiger partial charge in [0.1, 0.15) is 5.82 Å². The van der Waals surface area contributed by atoms with Crippen LogP contribution in [-0.2, 0) is 13.0 Å². The van der Waals surface area contributed by atoms with Crippen LogP contribution < -0.4 is 0 Å². The maximum absolute atomic E-state index is 13.0. The number of hydrogen-bond acceptors (Lipinski definition) is 2. The number of Topliss-reactive ketones (excluding diaryl/α,β-unsaturated/α-hetero) is 1. The molecule has 4 heterocycles. The molecule has 0 amide bonds. The van der Waals surface area contributed by atoms with Crippen LogP contribution in [0.1, 0.15) is 45.6 Å². The third-order valence-corrected chi connectivity index (χ3v) is 4.94. The lowest BCUT2D eigenvalue weighted by molar-refractivity contribution is 0.0941. The van der Waals surface area contributed by atoms with E-state index in [-0.39, 0.29) is 11.7 Å². The molecule has 2 aromatic heterocycles. The monoisotopic (exact) mass is 277 g/mol. The molecule has 1 aliphatic carbocycles. The minimum Gasteiger partial charge on any atom is -0.358 e. The van der Waals surface area contributed by atoms with Gasteiger partial charge in [0.2, 0.25) is 0 Å². The number of para-hydroxylation sites is 1. The van der Waals surface area contributed by atoms with Gasteiger partial charge in [-0.1, -0.05) is 18.2 Å². The van der Waals surface area contributed by atoms with Crippen LogP contribution >= 0.6 is 0 Å². The molecular formula is C17H15N3O. The standard InChI is InChI=1S/C17H15N3O/c1-9-18-14-8-20(9)16(14)11-6-7-13-15(17(11)21)10-4-2-3-5-12(10)19-13/h2-5,11,19H,6-8H2,1H3. The number of carbonyl (C=O) groups excluding carboxylic acids is 1. The van der Waals surface area contributed by atoms with Gasteiger partial charge in [-0.05, 0) is 25.8 Å². The number of aromatic nitrogens is 3. The van der Waals surface area contributed by atoms with Crippen molar-refractivity contribution >= 4 is 16.7 Å². The molecule has 0 radical (unpaired) electrons. The molecule has 0 saturated carbocycles. The van der Waals surface area contributed by atoms with Crippen molar-refractivity contribution in [3.63, 3.8) is 0 Å². The van der Waals surface area contributed by atoms with E-state index in [0.29, 0.717) is 0 Å². The van der Waals surface area contributed by atoms with Gasteiger partial charge in [0.15, 0.2) is 5.78 Å². The zero-order valence-electron chi connectivity index (χ0n) is 11.8. The first-order valence-electron chi connectivity index (χ1n) is 7.43. The van der Waals surface area contributed by atoms with Gasteiger partial charge in [0, 0.05) is 22.2 Å². The van der Waals surface area contributed by atoms with Crippen LogP contribution in [0.25, 0.3) is 10.9 Å². The summed E-state index contributed by atoms with van der Waals surface area (Å²) in [6, 6.07) is 8.09. The molecule has 3 aliphatic rings. The Morgan fingerprint density at radius 2 is 2.19 bits per heavy atom. The lowest BCUT2D eigenvalue weighted by Crippen LogP contribution is -2.28. The molecule has 1 unspecified atom stereocenters. The summed E-state index contributed by atoms with van der Waals surface area (Å²) in [5.41, 5.74) is 5.35. The molecule has 21 heavy (non-hydrogen) atoms. The number of benzene rings is 1. The molecule has 6 rings (SSSR count). The summed E-state index contributed by atoms with van der Waals surface area (Å²) < 4.78 is 2.19. The van der Waals surface area contributed by atoms with Gasteiger partial charge < -0.3 is 9.55 Å². The summed E-state index contributed by atoms with van der Waals surface area (Å²) in [6.07, 6.45) is 1.82. The fraction of sp³-hybridized carbons (Fsp3) is 0.294. The number of H-pyrrole nitrogens is 1. The molecule has 4 nitrogen and oxygen atoms in total. The van der Waals surface area contributed by atoms with Gasteiger partial charge in [0.25, 0.3) is 0 Å². The predicted octanol–water partition coefficient (Wildman–Crippen LogP) is 2.95. The van der Waals surface area contributed by atoms with Crippen LogP contribution in [0.3, 0.4) is 0 Å². The molecule has 1 N–H and O–H groups in total. The van der Waals surface area contributed by atoms with Crippen molar-refractivity contribution in [1.29, 1.82) is 0 Å². The number of carbonyl (C=O) groups is 1. The lowest BCUT2D eigenvalue weighted by Gasteiger charge is -2.28. The molecule has 2 bridgehead atoms. The van der Waals surface area contributed by atoms with Crippen molar-refractivity contribution in [1.82, 2.24) is 14.5 Å². The summed E-state index contributed by atoms with van der Waals surface area (Å²) in [6.45, 7) is 2.91. The molecule has 2 aliphatic heterocycles. The molecule has 0 fully saturated rings. The Hall–Kier alpha value is -2.36. The zero-order chi connectivity index (χ0) is 14.1. The minimum atomic E-state index is -0.0124. The average Bonchev–Trinajstić information content (AvgIpc) is 3.11. The second kappa shape index (κ2) is 3.64. The van der Waals surface area contributed by atoms with E-state index in [1.807, 2.05) is 31.2 Å². The minimum absolute atomic E-state index is 0.0124. The normalized spacial score (nSPS) is 19.7. The molecule has 3 aromatic rings. The molecule has 4 heteroatoms. The molecule has 0 spiro atoms. The summed E-state index contributed by atoms with van der Waals surface area (Å²) in [4.78, 5) is 21.0. The summed E-state index contributed by atoms with van der Waals surface area (Å²) in [5, 5.41) is 1.06. The summed E-state index contributed by atoms with van der Waals surface area (Å²) >= 11 is 0. The van der Waals surface area contributed by atoms with Crippen molar-refractivity contribution < 1.29 is 4.79 Å². The number of hydrogen-bond donors (Lipinski definition) is 1. The molecule has 1 aromatic carbocycles. The number of nitrogens with zero attached hydrogens (tertiary/aromatic N) is 2. The van der Waals surface area contributed by atoms with Gasteiger partial charge in [0.05, 0.1) is 23.9 Å². The molecule has 104 valence electrons. The Kier molecular flexibility index (Phi) is 1.96. The van der Waals surface area contributed by atoms with Crippen LogP contribution in [0.2, 0.25) is 0 Å². The highest BCUT2D eigenvalue weighted by molar-refractivity contribution is 6.12. The number of ketones is 1. The van der Waals surface area contributed by atoms with E-state index in [1.54, 1.807) is 0 Å². The zero-order valence-corrected chi connectivity index (χ0v) is 11.8. The number of nitrogens with one attached hydrogen (secondary N) is 1. The topological polar surface area (TPSA) is 50.7 Å². The van der Waals surface area contributed by atoms with Gasteiger partial charge >= 0.3 is 0 Å². The third-order valence-electron chi connectivity index (χ3n) is 4.94. The highest BCUT2D eigenvalue weighted by atomic mass is 16.1. The Bertz CT molecular complexity index is 916. The molecular weight excluding hydrogens is 262 g/mol. The second-order valence-corrected chi connectivity index (χ2v) is 6.06. The van der Waals surface area contributed by atoms with E-state index >= 15 is 0 Å². The fourth-order valence-electron chi connectivity index (χ4n) is 3.93. The highest BCUT2D eigenvalue weighted by Gasteiger charge is 2.39. The second-order valence-electron chi connectivity index (χ2n) is 6.06. The number of fused-ring (bicyclic) bond motifs is 4. The van der Waals surface area contributed by atoms with E-state index in [0.717, 1.165) is 58.8 Å². The number of aromatic amines is 1. The van der Waals surface area contributed by atoms with Crippen molar-refractivity contribution in [2.24, 2.45) is 0 Å². The van der Waals surface area contributed by atoms with E-state index < -0.39 is 0 Å². The smallest absolute Gasteiger partial charge is 0.174 e. The van der Waals surface area contributed by atoms with E-state index in [2.05, 4.69) is 14.5 Å². The quantitative estimate of drug-likeness (QED) is 0.581. The Morgan fingerprint density at radius 1 is 1.33 bits per heavy atom. The number of imidazole rings is 1. The van der Waals surface area contributed by atoms with Crippen LogP contribution in [0.4, 0.5) is 0 Å². The fourth-order valence-corrected chi connectivity index (χ4v) is 3.93. The first-order chi connectivity index (χ1) is 10.2. The summed E-state index contributed by atoms with van der Waals surface area (Å²) in [7, 11) is 0. The Morgan fingerprint density at radius 3 is 2.95 bits per heavy atom. The van der Waals surface area contributed by atoms with Gasteiger partial charge in [-0.2, -0.15) is 0 Å². The van der Waals surface area contributed by atoms with E-state index in [4.69, 9.17) is 0 Å². The van der Waals surface area contributed by atoms with Crippen LogP contribution in [0.5, 0.6) is 0 Å². The third kappa shape index (κ3) is 1.30. The van der Waals surface area contributed by atoms with Crippen molar-refractivity contribution in [3.8, 4) is 0 Å². The van der Waals surface area contributed by atoms with Gasteiger partial charge in [-0.15, -0.1) is 0 Å². The predicted molar refractivity (Wildman–Crippen MR) is 79.8 cm³/mol. The Labute approximate surface area is 121 Å². The first kappa shape index (κ1) is 11.3. The lowest BCUT2D eigenvalue weighted by atomic mass is 9.81. The van der Waals surface area contributed by atoms with Gasteiger partial charge in [-0.3, -0.25) is 4.79 Å². The summed E-state index contributed by atoms with van der Waals surface area (Å²) in [5.74, 6) is 1.29. The van der Waals surface area contributed by atoms with Crippen molar-refractivity contribution in [2.75, 3.05) is 0 Å². The average molecular weight is 277 g/mol. The Balaban J connectivity index is 1.68. The van der Waals surface area contributed by atoms with Crippen molar-refractivity contribution in [3.05, 3.63) is 52.7 Å². The maximum atomic E-state index is 13.0. The van der Waals surface area contributed by atoms with Crippen molar-refractivity contribution in [2.45, 2.75) is 32.2 Å². The van der Waals surface area contributed by atoms with Crippen LogP contribution in [-0.4, -0.2) is 20.3 Å². The SMILES string of the molecule is Cc1nc2c(C3CCc4[nH]c5ccccc5c4C3=O)n1C2. The maximum Gasteiger partial charge on any atom is 0.174 e. The number of aryl methyl sites for hydroxylation is 2. The van der Waals surface area contributed by atoms with Gasteiger partial charge in [-0.25, -0.2) is 4.98 Å². The molecule has 1 atom stereocenters. The highest BCUT2D eigenvalue weighted by Crippen LogP contribution is 2.40. The largest absolute Gasteiger partial charge is 0.358 e. The van der Waals surface area contributed by atoms with Crippen LogP contribution in [0, 0.1) is 6.92 Å². The van der Waals surface area contributed by atoms with E-state index in [1.165, 1.54) is 0 Å². The number of rotatable bonds is 1.